The monoisotopic (exact) mass is 325 g/mol. The van der Waals surface area contributed by atoms with Gasteiger partial charge in [0.2, 0.25) is 0 Å². The molecule has 0 saturated carbocycles. The van der Waals surface area contributed by atoms with Crippen LogP contribution in [0.25, 0.3) is 10.9 Å². The van der Waals surface area contributed by atoms with E-state index in [0.29, 0.717) is 0 Å². The van der Waals surface area contributed by atoms with Gasteiger partial charge in [0.25, 0.3) is 0 Å². The van der Waals surface area contributed by atoms with Crippen LogP contribution in [0.4, 0.5) is 4.79 Å². The van der Waals surface area contributed by atoms with Crippen LogP contribution < -0.4 is 0 Å². The highest BCUT2D eigenvalue weighted by Gasteiger charge is 2.29. The lowest BCUT2D eigenvalue weighted by Gasteiger charge is -2.28. The Morgan fingerprint density at radius 3 is 2.33 bits per heavy atom. The Morgan fingerprint density at radius 1 is 1.17 bits per heavy atom. The highest BCUT2D eigenvalue weighted by atomic mass is 16.6. The number of fused-ring (bicyclic) bond motifs is 1. The Hall–Kier alpha value is -2.29. The van der Waals surface area contributed by atoms with E-state index >= 15 is 0 Å². The standard InChI is InChI=1S/C21H27NO2/c1-8-17(21(6,7)9-2)16-14-22(19(23)24-20(3,4)5)18-13-11-10-12-15(16)18/h8-14,17H,1-2H2,3-7H3. The van der Waals surface area contributed by atoms with E-state index < -0.39 is 5.60 Å². The quantitative estimate of drug-likeness (QED) is 0.655. The Bertz CT molecular complexity index is 775. The van der Waals surface area contributed by atoms with Gasteiger partial charge >= 0.3 is 6.09 Å². The predicted molar refractivity (Wildman–Crippen MR) is 100 cm³/mol. The smallest absolute Gasteiger partial charge is 0.419 e. The van der Waals surface area contributed by atoms with Crippen LogP contribution in [0.15, 0.2) is 55.8 Å². The minimum atomic E-state index is -0.541. The summed E-state index contributed by atoms with van der Waals surface area (Å²) in [6, 6.07) is 7.87. The number of carbonyl (C=O) groups is 1. The van der Waals surface area contributed by atoms with E-state index in [1.54, 1.807) is 4.57 Å². The zero-order chi connectivity index (χ0) is 18.1. The summed E-state index contributed by atoms with van der Waals surface area (Å²) in [6.07, 6.45) is 5.35. The Morgan fingerprint density at radius 2 is 1.79 bits per heavy atom. The van der Waals surface area contributed by atoms with E-state index in [9.17, 15) is 4.79 Å². The maximum atomic E-state index is 12.6. The molecule has 24 heavy (non-hydrogen) atoms. The van der Waals surface area contributed by atoms with Gasteiger partial charge in [-0.2, -0.15) is 0 Å². The van der Waals surface area contributed by atoms with Crippen molar-refractivity contribution in [2.75, 3.05) is 0 Å². The molecular formula is C21H27NO2. The topological polar surface area (TPSA) is 31.2 Å². The molecule has 128 valence electrons. The number of allylic oxidation sites excluding steroid dienone is 2. The number of benzene rings is 1. The Labute approximate surface area is 144 Å². The molecule has 0 radical (unpaired) electrons. The lowest BCUT2D eigenvalue weighted by Crippen LogP contribution is -2.26. The highest BCUT2D eigenvalue weighted by Crippen LogP contribution is 2.41. The lowest BCUT2D eigenvalue weighted by molar-refractivity contribution is 0.0544. The third kappa shape index (κ3) is 3.45. The second kappa shape index (κ2) is 6.31. The van der Waals surface area contributed by atoms with E-state index in [-0.39, 0.29) is 17.4 Å². The maximum Gasteiger partial charge on any atom is 0.419 e. The molecule has 0 spiro atoms. The molecule has 0 bridgehead atoms. The molecule has 0 aliphatic carbocycles. The molecule has 1 heterocycles. The van der Waals surface area contributed by atoms with Crippen molar-refractivity contribution in [3.05, 3.63) is 61.3 Å². The van der Waals surface area contributed by atoms with Crippen molar-refractivity contribution in [2.24, 2.45) is 5.41 Å². The maximum absolute atomic E-state index is 12.6. The number of carbonyl (C=O) groups excluding carboxylic acids is 1. The van der Waals surface area contributed by atoms with Gasteiger partial charge in [0, 0.05) is 17.5 Å². The van der Waals surface area contributed by atoms with E-state index in [0.717, 1.165) is 16.5 Å². The molecule has 0 saturated heterocycles. The van der Waals surface area contributed by atoms with E-state index in [1.807, 2.05) is 63.4 Å². The van der Waals surface area contributed by atoms with Gasteiger partial charge in [-0.1, -0.05) is 44.2 Å². The summed E-state index contributed by atoms with van der Waals surface area (Å²) in [6.45, 7) is 17.8. The first-order chi connectivity index (χ1) is 11.1. The summed E-state index contributed by atoms with van der Waals surface area (Å²) in [5.74, 6) is 0.0450. The summed E-state index contributed by atoms with van der Waals surface area (Å²) in [4.78, 5) is 12.6. The number of ether oxygens (including phenoxy) is 1. The normalized spacial score (nSPS) is 13.5. The molecule has 3 heteroatoms. The predicted octanol–water partition coefficient (Wildman–Crippen LogP) is 5.91. The minimum absolute atomic E-state index is 0.0450. The first-order valence-corrected chi connectivity index (χ1v) is 8.20. The van der Waals surface area contributed by atoms with Crippen LogP contribution >= 0.6 is 0 Å². The molecule has 1 aromatic heterocycles. The zero-order valence-electron chi connectivity index (χ0n) is 15.3. The summed E-state index contributed by atoms with van der Waals surface area (Å²) in [5, 5.41) is 1.03. The molecule has 0 aliphatic rings. The van der Waals surface area contributed by atoms with Crippen LogP contribution in [0, 0.1) is 5.41 Å². The molecule has 0 aliphatic heterocycles. The van der Waals surface area contributed by atoms with Crippen LogP contribution in [0.5, 0.6) is 0 Å². The van der Waals surface area contributed by atoms with Gasteiger partial charge in [0.1, 0.15) is 5.60 Å². The molecule has 0 N–H and O–H groups in total. The first kappa shape index (κ1) is 18.1. The zero-order valence-corrected chi connectivity index (χ0v) is 15.3. The van der Waals surface area contributed by atoms with Crippen molar-refractivity contribution in [3.8, 4) is 0 Å². The van der Waals surface area contributed by atoms with Gasteiger partial charge in [0.15, 0.2) is 0 Å². The highest BCUT2D eigenvalue weighted by molar-refractivity contribution is 5.92. The molecule has 1 unspecified atom stereocenters. The van der Waals surface area contributed by atoms with Gasteiger partial charge in [-0.25, -0.2) is 4.79 Å². The third-order valence-electron chi connectivity index (χ3n) is 4.23. The number of nitrogens with zero attached hydrogens (tertiary/aromatic N) is 1. The average molecular weight is 325 g/mol. The summed E-state index contributed by atoms with van der Waals surface area (Å²) in [5.41, 5.74) is 1.18. The average Bonchev–Trinajstić information content (AvgIpc) is 2.86. The van der Waals surface area contributed by atoms with E-state index in [4.69, 9.17) is 4.74 Å². The Kier molecular flexibility index (Phi) is 4.75. The van der Waals surface area contributed by atoms with Gasteiger partial charge < -0.3 is 4.74 Å². The number of para-hydroxylation sites is 1. The van der Waals surface area contributed by atoms with E-state index in [2.05, 4.69) is 27.0 Å². The minimum Gasteiger partial charge on any atom is -0.443 e. The molecule has 1 atom stereocenters. The molecule has 1 aromatic carbocycles. The largest absolute Gasteiger partial charge is 0.443 e. The molecular weight excluding hydrogens is 298 g/mol. The Balaban J connectivity index is 2.63. The van der Waals surface area contributed by atoms with Crippen molar-refractivity contribution in [3.63, 3.8) is 0 Å². The molecule has 2 rings (SSSR count). The van der Waals surface area contributed by atoms with Gasteiger partial charge in [0.05, 0.1) is 5.52 Å². The van der Waals surface area contributed by atoms with Crippen molar-refractivity contribution in [2.45, 2.75) is 46.1 Å². The van der Waals surface area contributed by atoms with Crippen LogP contribution in [0.1, 0.15) is 46.1 Å². The lowest BCUT2D eigenvalue weighted by atomic mass is 9.75. The third-order valence-corrected chi connectivity index (χ3v) is 4.23. The fraction of sp³-hybridized carbons (Fsp3) is 0.381. The molecule has 3 nitrogen and oxygen atoms in total. The van der Waals surface area contributed by atoms with Crippen LogP contribution in [-0.2, 0) is 4.74 Å². The van der Waals surface area contributed by atoms with Gasteiger partial charge in [-0.05, 0) is 37.8 Å². The molecule has 2 aromatic rings. The van der Waals surface area contributed by atoms with Crippen LogP contribution in [0.2, 0.25) is 0 Å². The van der Waals surface area contributed by atoms with Gasteiger partial charge in [-0.3, -0.25) is 4.57 Å². The molecule has 0 fully saturated rings. The summed E-state index contributed by atoms with van der Waals surface area (Å²) < 4.78 is 7.14. The number of rotatable bonds is 4. The SMILES string of the molecule is C=CC(c1cn(C(=O)OC(C)(C)C)c2ccccc12)C(C)(C)C=C. The van der Waals surface area contributed by atoms with Crippen molar-refractivity contribution in [1.29, 1.82) is 0 Å². The summed E-state index contributed by atoms with van der Waals surface area (Å²) >= 11 is 0. The summed E-state index contributed by atoms with van der Waals surface area (Å²) in [7, 11) is 0. The van der Waals surface area contributed by atoms with Crippen molar-refractivity contribution >= 4 is 17.0 Å². The van der Waals surface area contributed by atoms with Crippen molar-refractivity contribution < 1.29 is 9.53 Å². The fourth-order valence-electron chi connectivity index (χ4n) is 2.87. The van der Waals surface area contributed by atoms with E-state index in [1.165, 1.54) is 0 Å². The fourth-order valence-corrected chi connectivity index (χ4v) is 2.87. The van der Waals surface area contributed by atoms with Gasteiger partial charge in [-0.15, -0.1) is 13.2 Å². The number of hydrogen-bond acceptors (Lipinski definition) is 2. The molecule has 0 amide bonds. The van der Waals surface area contributed by atoms with Crippen molar-refractivity contribution in [1.82, 2.24) is 4.57 Å². The van der Waals surface area contributed by atoms with Crippen LogP contribution in [0.3, 0.4) is 0 Å². The second-order valence-electron chi connectivity index (χ2n) is 7.69. The number of aromatic nitrogens is 1. The van der Waals surface area contributed by atoms with Crippen LogP contribution in [-0.4, -0.2) is 16.3 Å². The number of hydrogen-bond donors (Lipinski definition) is 0. The second-order valence-corrected chi connectivity index (χ2v) is 7.69. The first-order valence-electron chi connectivity index (χ1n) is 8.20.